The van der Waals surface area contributed by atoms with Gasteiger partial charge in [-0.15, -0.1) is 11.8 Å². The Hall–Kier alpha value is 0.270. The zero-order valence-corrected chi connectivity index (χ0v) is 10.3. The standard InChI is InChI=1S/C9H9BrClFS/c1-2-5-13-9-7(12)4-3-6(10)8(9)11/h3-4H,2,5H2,1H3. The lowest BCUT2D eigenvalue weighted by Gasteiger charge is -2.05. The minimum absolute atomic E-state index is 0.244. The minimum Gasteiger partial charge on any atom is -0.206 e. The number of hydrogen-bond donors (Lipinski definition) is 0. The Bertz CT molecular complexity index is 304. The van der Waals surface area contributed by atoms with Crippen LogP contribution in [0.2, 0.25) is 5.02 Å². The van der Waals surface area contributed by atoms with Gasteiger partial charge in [0.1, 0.15) is 5.82 Å². The van der Waals surface area contributed by atoms with Gasteiger partial charge in [0.15, 0.2) is 0 Å². The number of rotatable bonds is 3. The van der Waals surface area contributed by atoms with Gasteiger partial charge in [0.2, 0.25) is 0 Å². The average molecular weight is 284 g/mol. The normalized spacial score (nSPS) is 10.5. The van der Waals surface area contributed by atoms with E-state index in [0.717, 1.165) is 16.6 Å². The van der Waals surface area contributed by atoms with Crippen LogP contribution in [0.3, 0.4) is 0 Å². The van der Waals surface area contributed by atoms with Crippen molar-refractivity contribution < 1.29 is 4.39 Å². The van der Waals surface area contributed by atoms with Crippen LogP contribution < -0.4 is 0 Å². The van der Waals surface area contributed by atoms with Crippen molar-refractivity contribution in [1.29, 1.82) is 0 Å². The maximum atomic E-state index is 13.2. The zero-order chi connectivity index (χ0) is 9.84. The zero-order valence-electron chi connectivity index (χ0n) is 7.11. The quantitative estimate of drug-likeness (QED) is 0.570. The number of hydrogen-bond acceptors (Lipinski definition) is 1. The first-order valence-corrected chi connectivity index (χ1v) is 6.08. The molecule has 13 heavy (non-hydrogen) atoms. The third-order valence-corrected chi connectivity index (χ3v) is 4.15. The largest absolute Gasteiger partial charge is 0.206 e. The van der Waals surface area contributed by atoms with E-state index in [2.05, 4.69) is 22.9 Å². The van der Waals surface area contributed by atoms with Crippen molar-refractivity contribution in [2.75, 3.05) is 5.75 Å². The van der Waals surface area contributed by atoms with Crippen LogP contribution in [0.5, 0.6) is 0 Å². The Morgan fingerprint density at radius 1 is 1.54 bits per heavy atom. The van der Waals surface area contributed by atoms with Gasteiger partial charge in [-0.1, -0.05) is 18.5 Å². The summed E-state index contributed by atoms with van der Waals surface area (Å²) in [4.78, 5) is 0.540. The smallest absolute Gasteiger partial charge is 0.138 e. The molecule has 0 aromatic heterocycles. The molecule has 0 atom stereocenters. The second-order valence-corrected chi connectivity index (χ2v) is 4.86. The molecule has 0 aliphatic carbocycles. The van der Waals surface area contributed by atoms with Crippen molar-refractivity contribution >= 4 is 39.3 Å². The highest BCUT2D eigenvalue weighted by atomic mass is 79.9. The summed E-state index contributed by atoms with van der Waals surface area (Å²) in [6, 6.07) is 3.04. The lowest BCUT2D eigenvalue weighted by Crippen LogP contribution is -1.85. The van der Waals surface area contributed by atoms with Crippen molar-refractivity contribution in [2.24, 2.45) is 0 Å². The fourth-order valence-corrected chi connectivity index (χ4v) is 2.47. The van der Waals surface area contributed by atoms with E-state index in [4.69, 9.17) is 11.6 Å². The van der Waals surface area contributed by atoms with Crippen LogP contribution in [-0.4, -0.2) is 5.75 Å². The second-order valence-electron chi connectivity index (χ2n) is 2.52. The van der Waals surface area contributed by atoms with E-state index in [-0.39, 0.29) is 5.82 Å². The SMILES string of the molecule is CCCSc1c(F)ccc(Br)c1Cl. The lowest BCUT2D eigenvalue weighted by molar-refractivity contribution is 0.601. The number of halogens is 3. The molecule has 0 aliphatic heterocycles. The van der Waals surface area contributed by atoms with E-state index in [1.807, 2.05) is 0 Å². The Labute approximate surface area is 95.0 Å². The van der Waals surface area contributed by atoms with Crippen LogP contribution in [0.25, 0.3) is 0 Å². The maximum absolute atomic E-state index is 13.2. The van der Waals surface area contributed by atoms with Crippen LogP contribution in [0.15, 0.2) is 21.5 Å². The molecule has 0 nitrogen and oxygen atoms in total. The van der Waals surface area contributed by atoms with Crippen molar-refractivity contribution in [3.8, 4) is 0 Å². The lowest BCUT2D eigenvalue weighted by atomic mass is 10.3. The molecule has 0 bridgehead atoms. The van der Waals surface area contributed by atoms with Gasteiger partial charge in [0.25, 0.3) is 0 Å². The van der Waals surface area contributed by atoms with Gasteiger partial charge in [-0.2, -0.15) is 0 Å². The van der Waals surface area contributed by atoms with E-state index >= 15 is 0 Å². The number of thioether (sulfide) groups is 1. The van der Waals surface area contributed by atoms with E-state index in [1.54, 1.807) is 6.07 Å². The summed E-state index contributed by atoms with van der Waals surface area (Å²) >= 11 is 10.6. The molecule has 0 amide bonds. The molecular weight excluding hydrogens is 275 g/mol. The fourth-order valence-electron chi connectivity index (χ4n) is 0.845. The van der Waals surface area contributed by atoms with Crippen LogP contribution in [-0.2, 0) is 0 Å². The van der Waals surface area contributed by atoms with Gasteiger partial charge in [-0.3, -0.25) is 0 Å². The van der Waals surface area contributed by atoms with Gasteiger partial charge >= 0.3 is 0 Å². The number of benzene rings is 1. The van der Waals surface area contributed by atoms with E-state index < -0.39 is 0 Å². The molecule has 4 heteroatoms. The summed E-state index contributed by atoms with van der Waals surface area (Å²) in [6.45, 7) is 2.05. The summed E-state index contributed by atoms with van der Waals surface area (Å²) in [5, 5.41) is 0.471. The second kappa shape index (κ2) is 5.23. The monoisotopic (exact) mass is 282 g/mol. The van der Waals surface area contributed by atoms with E-state index in [9.17, 15) is 4.39 Å². The molecule has 1 rings (SSSR count). The molecular formula is C9H9BrClFS. The molecule has 0 saturated heterocycles. The third-order valence-electron chi connectivity index (χ3n) is 1.45. The molecule has 1 aromatic carbocycles. The van der Waals surface area contributed by atoms with Gasteiger partial charge < -0.3 is 0 Å². The molecule has 0 radical (unpaired) electrons. The molecule has 0 N–H and O–H groups in total. The predicted octanol–water partition coefficient (Wildman–Crippen LogP) is 4.74. The first-order valence-electron chi connectivity index (χ1n) is 3.93. The topological polar surface area (TPSA) is 0 Å². The van der Waals surface area contributed by atoms with Crippen LogP contribution >= 0.6 is 39.3 Å². The van der Waals surface area contributed by atoms with Gasteiger partial charge in [-0.25, -0.2) is 4.39 Å². The van der Waals surface area contributed by atoms with E-state index in [1.165, 1.54) is 17.8 Å². The first kappa shape index (κ1) is 11.3. The predicted molar refractivity (Wildman–Crippen MR) is 60.1 cm³/mol. The molecule has 0 spiro atoms. The first-order chi connectivity index (χ1) is 6.16. The summed E-state index contributed by atoms with van der Waals surface area (Å²) in [5.74, 6) is 0.638. The Balaban J connectivity index is 2.96. The molecule has 0 unspecified atom stereocenters. The summed E-state index contributed by atoms with van der Waals surface area (Å²) < 4.78 is 14.0. The highest BCUT2D eigenvalue weighted by Crippen LogP contribution is 2.35. The molecule has 0 saturated carbocycles. The van der Waals surface area contributed by atoms with Crippen LogP contribution in [0.1, 0.15) is 13.3 Å². The molecule has 0 aliphatic rings. The Morgan fingerprint density at radius 3 is 2.85 bits per heavy atom. The molecule has 0 fully saturated rings. The van der Waals surface area contributed by atoms with Crippen LogP contribution in [0, 0.1) is 5.82 Å². The Kier molecular flexibility index (Phi) is 4.56. The highest BCUT2D eigenvalue weighted by molar-refractivity contribution is 9.10. The fraction of sp³-hybridized carbons (Fsp3) is 0.333. The molecule has 0 heterocycles. The summed E-state index contributed by atoms with van der Waals surface area (Å²) in [7, 11) is 0. The summed E-state index contributed by atoms with van der Waals surface area (Å²) in [6.07, 6.45) is 1.01. The molecule has 72 valence electrons. The van der Waals surface area contributed by atoms with Crippen molar-refractivity contribution in [1.82, 2.24) is 0 Å². The van der Waals surface area contributed by atoms with Gasteiger partial charge in [0, 0.05) is 4.47 Å². The van der Waals surface area contributed by atoms with Gasteiger partial charge in [-0.05, 0) is 40.2 Å². The average Bonchev–Trinajstić information content (AvgIpc) is 2.12. The van der Waals surface area contributed by atoms with Crippen molar-refractivity contribution in [2.45, 2.75) is 18.2 Å². The van der Waals surface area contributed by atoms with Crippen molar-refractivity contribution in [3.05, 3.63) is 27.4 Å². The van der Waals surface area contributed by atoms with Crippen LogP contribution in [0.4, 0.5) is 4.39 Å². The van der Waals surface area contributed by atoms with Gasteiger partial charge in [0.05, 0.1) is 9.92 Å². The maximum Gasteiger partial charge on any atom is 0.138 e. The van der Waals surface area contributed by atoms with Crippen molar-refractivity contribution in [3.63, 3.8) is 0 Å². The molecule has 1 aromatic rings. The minimum atomic E-state index is -0.244. The third kappa shape index (κ3) is 2.86. The summed E-state index contributed by atoms with van der Waals surface area (Å²) in [5.41, 5.74) is 0. The Morgan fingerprint density at radius 2 is 2.23 bits per heavy atom. The van der Waals surface area contributed by atoms with E-state index in [0.29, 0.717) is 9.92 Å². The highest BCUT2D eigenvalue weighted by Gasteiger charge is 2.10.